The number of anilines is 2. The van der Waals surface area contributed by atoms with Crippen LogP contribution in [0.5, 0.6) is 0 Å². The van der Waals surface area contributed by atoms with E-state index in [4.69, 9.17) is 0 Å². The summed E-state index contributed by atoms with van der Waals surface area (Å²) in [6.45, 7) is 2.74. The molecule has 3 N–H and O–H groups in total. The number of amides is 3. The molecule has 1 rings (SSSR count). The summed E-state index contributed by atoms with van der Waals surface area (Å²) in [5.74, 6) is 0. The zero-order valence-electron chi connectivity index (χ0n) is 10.6. The molecule has 1 aromatic rings. The molecule has 6 nitrogen and oxygen atoms in total. The SMILES string of the molecule is CCCCNC(=O)Nc1ccc(NN(I)C=O)cc1. The first kappa shape index (κ1) is 15.5. The fraction of sp³-hybridized carbons (Fsp3) is 0.333. The molecule has 0 atom stereocenters. The van der Waals surface area contributed by atoms with Crippen LogP contribution in [0.15, 0.2) is 24.3 Å². The number of hydrogen-bond acceptors (Lipinski definition) is 3. The first-order chi connectivity index (χ1) is 9.15. The minimum Gasteiger partial charge on any atom is -0.338 e. The lowest BCUT2D eigenvalue weighted by molar-refractivity contribution is -0.112. The largest absolute Gasteiger partial charge is 0.338 e. The number of nitrogens with one attached hydrogen (secondary N) is 3. The van der Waals surface area contributed by atoms with Gasteiger partial charge in [0.1, 0.15) is 0 Å². The van der Waals surface area contributed by atoms with Gasteiger partial charge in [0, 0.05) is 12.2 Å². The first-order valence-electron chi connectivity index (χ1n) is 5.97. The molecule has 0 saturated carbocycles. The Bertz CT molecular complexity index is 411. The summed E-state index contributed by atoms with van der Waals surface area (Å²) in [6, 6.07) is 6.86. The van der Waals surface area contributed by atoms with E-state index in [9.17, 15) is 9.59 Å². The van der Waals surface area contributed by atoms with Crippen molar-refractivity contribution in [3.63, 3.8) is 0 Å². The van der Waals surface area contributed by atoms with Gasteiger partial charge in [0.15, 0.2) is 0 Å². The van der Waals surface area contributed by atoms with Gasteiger partial charge in [-0.2, -0.15) is 3.22 Å². The van der Waals surface area contributed by atoms with Gasteiger partial charge >= 0.3 is 6.03 Å². The number of hydrazine groups is 1. The minimum atomic E-state index is -0.211. The molecule has 0 aliphatic carbocycles. The Morgan fingerprint density at radius 2 is 1.95 bits per heavy atom. The second kappa shape index (κ2) is 8.57. The Kier molecular flexibility index (Phi) is 7.01. The highest BCUT2D eigenvalue weighted by Gasteiger charge is 2.01. The number of benzene rings is 1. The number of carbonyl (C=O) groups is 2. The number of carbonyl (C=O) groups excluding carboxylic acids is 2. The maximum Gasteiger partial charge on any atom is 0.319 e. The van der Waals surface area contributed by atoms with E-state index in [2.05, 4.69) is 23.0 Å². The zero-order chi connectivity index (χ0) is 14.1. The third-order valence-electron chi connectivity index (χ3n) is 2.29. The van der Waals surface area contributed by atoms with Crippen LogP contribution in [0.2, 0.25) is 0 Å². The molecule has 0 aliphatic rings. The van der Waals surface area contributed by atoms with Gasteiger partial charge in [0.05, 0.1) is 28.6 Å². The molecule has 0 unspecified atom stereocenters. The van der Waals surface area contributed by atoms with Crippen molar-refractivity contribution in [2.45, 2.75) is 19.8 Å². The summed E-state index contributed by atoms with van der Waals surface area (Å²) in [7, 11) is 0. The van der Waals surface area contributed by atoms with Gasteiger partial charge in [0.25, 0.3) is 0 Å². The molecular formula is C12H17IN4O2. The smallest absolute Gasteiger partial charge is 0.319 e. The molecule has 104 valence electrons. The number of nitrogens with zero attached hydrogens (tertiary/aromatic N) is 1. The van der Waals surface area contributed by atoms with Crippen molar-refractivity contribution in [1.82, 2.24) is 8.54 Å². The lowest BCUT2D eigenvalue weighted by Crippen LogP contribution is -2.29. The van der Waals surface area contributed by atoms with E-state index < -0.39 is 0 Å². The van der Waals surface area contributed by atoms with Gasteiger partial charge in [-0.25, -0.2) is 4.79 Å². The van der Waals surface area contributed by atoms with Crippen LogP contribution in [0.25, 0.3) is 0 Å². The maximum absolute atomic E-state index is 11.5. The molecule has 19 heavy (non-hydrogen) atoms. The number of hydrogen-bond donors (Lipinski definition) is 3. The van der Waals surface area contributed by atoms with E-state index in [-0.39, 0.29) is 6.03 Å². The molecule has 0 spiro atoms. The van der Waals surface area contributed by atoms with Crippen molar-refractivity contribution in [3.8, 4) is 0 Å². The molecule has 0 bridgehead atoms. The first-order valence-corrected chi connectivity index (χ1v) is 6.94. The Balaban J connectivity index is 2.43. The van der Waals surface area contributed by atoms with E-state index in [0.29, 0.717) is 18.6 Å². The molecule has 3 amide bonds. The highest BCUT2D eigenvalue weighted by molar-refractivity contribution is 14.1. The summed E-state index contributed by atoms with van der Waals surface area (Å²) >= 11 is 1.83. The lowest BCUT2D eigenvalue weighted by Gasteiger charge is -2.12. The molecule has 0 aromatic heterocycles. The maximum atomic E-state index is 11.5. The Hall–Kier alpha value is -1.51. The second-order valence-corrected chi connectivity index (χ2v) is 4.88. The van der Waals surface area contributed by atoms with Crippen molar-refractivity contribution in [1.29, 1.82) is 0 Å². The van der Waals surface area contributed by atoms with Crippen molar-refractivity contribution in [2.24, 2.45) is 0 Å². The van der Waals surface area contributed by atoms with Gasteiger partial charge in [-0.15, -0.1) is 0 Å². The predicted molar refractivity (Wildman–Crippen MR) is 83.9 cm³/mol. The fourth-order valence-electron chi connectivity index (χ4n) is 1.33. The average molecular weight is 376 g/mol. The topological polar surface area (TPSA) is 73.5 Å². The van der Waals surface area contributed by atoms with Crippen LogP contribution >= 0.6 is 22.9 Å². The van der Waals surface area contributed by atoms with Crippen LogP contribution in [0.1, 0.15) is 19.8 Å². The number of rotatable bonds is 7. The van der Waals surface area contributed by atoms with Crippen molar-refractivity contribution < 1.29 is 9.59 Å². The molecule has 0 saturated heterocycles. The molecular weight excluding hydrogens is 359 g/mol. The van der Waals surface area contributed by atoms with Gasteiger partial charge in [-0.3, -0.25) is 10.2 Å². The quantitative estimate of drug-likeness (QED) is 0.225. The van der Waals surface area contributed by atoms with E-state index in [1.165, 1.54) is 3.22 Å². The highest BCUT2D eigenvalue weighted by Crippen LogP contribution is 2.14. The number of halogens is 1. The van der Waals surface area contributed by atoms with E-state index >= 15 is 0 Å². The van der Waals surface area contributed by atoms with Crippen molar-refractivity contribution in [2.75, 3.05) is 17.3 Å². The molecule has 0 heterocycles. The van der Waals surface area contributed by atoms with Crippen LogP contribution in [-0.4, -0.2) is 22.2 Å². The second-order valence-electron chi connectivity index (χ2n) is 3.84. The molecule has 0 radical (unpaired) electrons. The van der Waals surface area contributed by atoms with E-state index in [0.717, 1.165) is 18.5 Å². The highest BCUT2D eigenvalue weighted by atomic mass is 127. The monoisotopic (exact) mass is 376 g/mol. The Morgan fingerprint density at radius 1 is 1.32 bits per heavy atom. The standard InChI is InChI=1S/C12H17IN4O2/c1-2-3-8-14-12(19)15-10-4-6-11(7-5-10)16-17(13)9-18/h4-7,9,16H,2-3,8H2,1H3,(H2,14,15,19). The third-order valence-corrected chi connectivity index (χ3v) is 2.76. The Labute approximate surface area is 126 Å². The van der Waals surface area contributed by atoms with Crippen LogP contribution < -0.4 is 16.1 Å². The average Bonchev–Trinajstić information content (AvgIpc) is 2.41. The summed E-state index contributed by atoms with van der Waals surface area (Å²) < 4.78 is 1.28. The van der Waals surface area contributed by atoms with Gasteiger partial charge in [-0.1, -0.05) is 13.3 Å². The summed E-state index contributed by atoms with van der Waals surface area (Å²) in [5, 5.41) is 5.50. The van der Waals surface area contributed by atoms with E-state index in [1.54, 1.807) is 24.3 Å². The summed E-state index contributed by atoms with van der Waals surface area (Å²) in [6.07, 6.45) is 2.67. The molecule has 0 fully saturated rings. The summed E-state index contributed by atoms with van der Waals surface area (Å²) in [5.41, 5.74) is 4.30. The molecule has 1 aromatic carbocycles. The van der Waals surface area contributed by atoms with Crippen LogP contribution in [-0.2, 0) is 4.79 Å². The van der Waals surface area contributed by atoms with Crippen LogP contribution in [0, 0.1) is 0 Å². The summed E-state index contributed by atoms with van der Waals surface area (Å²) in [4.78, 5) is 21.9. The normalized spacial score (nSPS) is 9.58. The van der Waals surface area contributed by atoms with Crippen molar-refractivity contribution >= 4 is 46.7 Å². The zero-order valence-corrected chi connectivity index (χ0v) is 12.8. The Morgan fingerprint density at radius 3 is 2.53 bits per heavy atom. The van der Waals surface area contributed by atoms with Gasteiger partial charge < -0.3 is 10.6 Å². The van der Waals surface area contributed by atoms with Crippen LogP contribution in [0.3, 0.4) is 0 Å². The lowest BCUT2D eigenvalue weighted by atomic mass is 10.3. The van der Waals surface area contributed by atoms with Gasteiger partial charge in [0.2, 0.25) is 6.41 Å². The van der Waals surface area contributed by atoms with Crippen LogP contribution in [0.4, 0.5) is 16.2 Å². The number of urea groups is 1. The third kappa shape index (κ3) is 6.27. The number of unbranched alkanes of at least 4 members (excludes halogenated alkanes) is 1. The predicted octanol–water partition coefficient (Wildman–Crippen LogP) is 2.74. The molecule has 7 heteroatoms. The van der Waals surface area contributed by atoms with E-state index in [1.807, 2.05) is 22.9 Å². The molecule has 0 aliphatic heterocycles. The minimum absolute atomic E-state index is 0.211. The fourth-order valence-corrected chi connectivity index (χ4v) is 1.61. The van der Waals surface area contributed by atoms with Crippen molar-refractivity contribution in [3.05, 3.63) is 24.3 Å². The van der Waals surface area contributed by atoms with Gasteiger partial charge in [-0.05, 0) is 30.7 Å².